The van der Waals surface area contributed by atoms with E-state index in [2.05, 4.69) is 33.0 Å². The Balaban J connectivity index is 2.26. The highest BCUT2D eigenvalue weighted by Gasteiger charge is 2.38. The standard InChI is InChI=1S/C24H35NO2/c1-5-9-15(7-3)23-21-18(26)13-11-17-12-14-19(27)22(20(17)21)24(25-23)16(8-4)10-6-2/h11-16,23-27H,5-10H2,1-4H3/t15-,16?,23?,24?/m1/s1. The third kappa shape index (κ3) is 3.54. The fraction of sp³-hybridized carbons (Fsp3) is 0.583. The van der Waals surface area contributed by atoms with Crippen LogP contribution in [-0.2, 0) is 0 Å². The maximum atomic E-state index is 10.8. The fourth-order valence-corrected chi connectivity index (χ4v) is 5.14. The highest BCUT2D eigenvalue weighted by Crippen LogP contribution is 2.50. The van der Waals surface area contributed by atoms with Crippen LogP contribution in [0.4, 0.5) is 0 Å². The average Bonchev–Trinajstić information content (AvgIpc) is 2.68. The van der Waals surface area contributed by atoms with Crippen molar-refractivity contribution in [2.45, 2.75) is 78.3 Å². The topological polar surface area (TPSA) is 52.5 Å². The van der Waals surface area contributed by atoms with Crippen molar-refractivity contribution in [1.29, 1.82) is 0 Å². The van der Waals surface area contributed by atoms with Crippen LogP contribution < -0.4 is 5.32 Å². The van der Waals surface area contributed by atoms with Crippen molar-refractivity contribution >= 4 is 10.8 Å². The minimum atomic E-state index is 0.129. The second-order valence-electron chi connectivity index (χ2n) is 8.13. The number of hydrogen-bond donors (Lipinski definition) is 3. The predicted octanol–water partition coefficient (Wildman–Crippen LogP) is 6.59. The first-order valence-electron chi connectivity index (χ1n) is 10.8. The molecular formula is C24H35NO2. The van der Waals surface area contributed by atoms with Crippen molar-refractivity contribution in [1.82, 2.24) is 5.32 Å². The van der Waals surface area contributed by atoms with E-state index < -0.39 is 0 Å². The summed E-state index contributed by atoms with van der Waals surface area (Å²) in [5, 5.41) is 27.7. The molecular weight excluding hydrogens is 334 g/mol. The number of hydrogen-bond acceptors (Lipinski definition) is 3. The van der Waals surface area contributed by atoms with E-state index in [9.17, 15) is 10.2 Å². The van der Waals surface area contributed by atoms with Crippen LogP contribution >= 0.6 is 0 Å². The number of rotatable bonds is 8. The molecule has 1 aliphatic rings. The van der Waals surface area contributed by atoms with Crippen LogP contribution in [0, 0.1) is 11.8 Å². The van der Waals surface area contributed by atoms with Crippen molar-refractivity contribution in [2.75, 3.05) is 0 Å². The van der Waals surface area contributed by atoms with Crippen LogP contribution in [0.2, 0.25) is 0 Å². The molecule has 3 heteroatoms. The van der Waals surface area contributed by atoms with Gasteiger partial charge in [0, 0.05) is 23.2 Å². The minimum Gasteiger partial charge on any atom is -0.508 e. The van der Waals surface area contributed by atoms with Crippen molar-refractivity contribution in [3.8, 4) is 11.5 Å². The number of aromatic hydroxyl groups is 2. The molecule has 1 aliphatic heterocycles. The van der Waals surface area contributed by atoms with E-state index in [1.165, 1.54) is 0 Å². The van der Waals surface area contributed by atoms with Crippen LogP contribution in [0.5, 0.6) is 11.5 Å². The van der Waals surface area contributed by atoms with Gasteiger partial charge in [0.1, 0.15) is 11.5 Å². The zero-order chi connectivity index (χ0) is 19.6. The van der Waals surface area contributed by atoms with E-state index in [0.717, 1.165) is 60.4 Å². The van der Waals surface area contributed by atoms with Gasteiger partial charge in [-0.1, -0.05) is 65.5 Å². The van der Waals surface area contributed by atoms with E-state index in [-0.39, 0.29) is 12.1 Å². The van der Waals surface area contributed by atoms with Crippen LogP contribution in [0.15, 0.2) is 24.3 Å². The Morgan fingerprint density at radius 2 is 1.22 bits per heavy atom. The van der Waals surface area contributed by atoms with Gasteiger partial charge in [0.2, 0.25) is 0 Å². The summed E-state index contributed by atoms with van der Waals surface area (Å²) in [6.45, 7) is 8.95. The maximum Gasteiger partial charge on any atom is 0.121 e. The predicted molar refractivity (Wildman–Crippen MR) is 113 cm³/mol. The summed E-state index contributed by atoms with van der Waals surface area (Å²) in [5.41, 5.74) is 1.97. The summed E-state index contributed by atoms with van der Waals surface area (Å²) in [6, 6.07) is 7.86. The lowest BCUT2D eigenvalue weighted by atomic mass is 9.75. The third-order valence-electron chi connectivity index (χ3n) is 6.51. The summed E-state index contributed by atoms with van der Waals surface area (Å²) in [7, 11) is 0. The molecule has 0 amide bonds. The van der Waals surface area contributed by atoms with Gasteiger partial charge in [-0.25, -0.2) is 0 Å². The molecule has 0 bridgehead atoms. The molecule has 3 N–H and O–H groups in total. The Kier molecular flexibility index (Phi) is 6.31. The molecule has 0 aliphatic carbocycles. The second kappa shape index (κ2) is 8.52. The molecule has 4 atom stereocenters. The van der Waals surface area contributed by atoms with Crippen molar-refractivity contribution in [2.24, 2.45) is 11.8 Å². The van der Waals surface area contributed by atoms with Crippen molar-refractivity contribution in [3.05, 3.63) is 35.4 Å². The van der Waals surface area contributed by atoms with E-state index >= 15 is 0 Å². The zero-order valence-electron chi connectivity index (χ0n) is 17.3. The molecule has 3 rings (SSSR count). The summed E-state index contributed by atoms with van der Waals surface area (Å²) >= 11 is 0. The van der Waals surface area contributed by atoms with Gasteiger partial charge in [-0.2, -0.15) is 0 Å². The molecule has 0 fully saturated rings. The molecule has 3 unspecified atom stereocenters. The highest BCUT2D eigenvalue weighted by molar-refractivity contribution is 5.94. The van der Waals surface area contributed by atoms with Crippen LogP contribution in [0.25, 0.3) is 10.8 Å². The number of phenols is 2. The largest absolute Gasteiger partial charge is 0.508 e. The zero-order valence-corrected chi connectivity index (χ0v) is 17.3. The Morgan fingerprint density at radius 3 is 1.59 bits per heavy atom. The summed E-state index contributed by atoms with van der Waals surface area (Å²) in [5.74, 6) is 1.65. The highest BCUT2D eigenvalue weighted by atomic mass is 16.3. The van der Waals surface area contributed by atoms with Crippen molar-refractivity contribution in [3.63, 3.8) is 0 Å². The van der Waals surface area contributed by atoms with Gasteiger partial charge >= 0.3 is 0 Å². The summed E-state index contributed by atoms with van der Waals surface area (Å²) < 4.78 is 0. The lowest BCUT2D eigenvalue weighted by Crippen LogP contribution is -2.38. The van der Waals surface area contributed by atoms with Gasteiger partial charge in [0.05, 0.1) is 0 Å². The van der Waals surface area contributed by atoms with E-state index in [1.54, 1.807) is 0 Å². The first-order chi connectivity index (χ1) is 13.1. The Hall–Kier alpha value is -1.74. The first-order valence-corrected chi connectivity index (χ1v) is 10.8. The molecule has 0 saturated carbocycles. The summed E-state index contributed by atoms with van der Waals surface area (Å²) in [6.07, 6.45) is 6.69. The van der Waals surface area contributed by atoms with Crippen LogP contribution in [-0.4, -0.2) is 10.2 Å². The summed E-state index contributed by atoms with van der Waals surface area (Å²) in [4.78, 5) is 0. The van der Waals surface area contributed by atoms with E-state index in [4.69, 9.17) is 0 Å². The Labute approximate surface area is 163 Å². The quantitative estimate of drug-likeness (QED) is 0.492. The molecule has 2 aromatic carbocycles. The molecule has 2 aromatic rings. The molecule has 1 heterocycles. The molecule has 27 heavy (non-hydrogen) atoms. The smallest absolute Gasteiger partial charge is 0.121 e. The van der Waals surface area contributed by atoms with E-state index in [0.29, 0.717) is 23.3 Å². The first kappa shape index (κ1) is 20.0. The minimum absolute atomic E-state index is 0.129. The lowest BCUT2D eigenvalue weighted by molar-refractivity contribution is 0.232. The van der Waals surface area contributed by atoms with Gasteiger partial charge < -0.3 is 15.5 Å². The maximum absolute atomic E-state index is 10.8. The molecule has 3 nitrogen and oxygen atoms in total. The molecule has 0 aromatic heterocycles. The molecule has 0 spiro atoms. The molecule has 0 saturated heterocycles. The van der Waals surface area contributed by atoms with Crippen LogP contribution in [0.1, 0.15) is 89.4 Å². The van der Waals surface area contributed by atoms with Gasteiger partial charge in [-0.3, -0.25) is 0 Å². The van der Waals surface area contributed by atoms with E-state index in [1.807, 2.05) is 24.3 Å². The van der Waals surface area contributed by atoms with Gasteiger partial charge in [0.15, 0.2) is 0 Å². The third-order valence-corrected chi connectivity index (χ3v) is 6.51. The Bertz CT molecular complexity index is 725. The molecule has 148 valence electrons. The Morgan fingerprint density at radius 1 is 0.778 bits per heavy atom. The second-order valence-corrected chi connectivity index (χ2v) is 8.13. The lowest BCUT2D eigenvalue weighted by Gasteiger charge is -2.41. The number of phenolic OH excluding ortho intramolecular Hbond substituents is 2. The molecule has 0 radical (unpaired) electrons. The number of nitrogens with one attached hydrogen (secondary N) is 1. The van der Waals surface area contributed by atoms with Crippen LogP contribution in [0.3, 0.4) is 0 Å². The number of benzene rings is 2. The van der Waals surface area contributed by atoms with Gasteiger partial charge in [-0.05, 0) is 47.6 Å². The fourth-order valence-electron chi connectivity index (χ4n) is 5.14. The monoisotopic (exact) mass is 369 g/mol. The SMILES string of the molecule is CCCC(CC)C1NC([C@H](CC)CCC)c2c(O)ccc3ccc(O)c1c23. The normalized spacial score (nSPS) is 21.3. The van der Waals surface area contributed by atoms with Crippen molar-refractivity contribution < 1.29 is 10.2 Å². The average molecular weight is 370 g/mol. The van der Waals surface area contributed by atoms with Gasteiger partial charge in [0.25, 0.3) is 0 Å². The van der Waals surface area contributed by atoms with Gasteiger partial charge in [-0.15, -0.1) is 0 Å².